The minimum absolute atomic E-state index is 0.0381. The second-order valence-corrected chi connectivity index (χ2v) is 6.12. The molecule has 1 aliphatic heterocycles. The maximum Gasteiger partial charge on any atom is 0.475 e. The number of hydrogen-bond donors (Lipinski definition) is 0. The lowest BCUT2D eigenvalue weighted by atomic mass is 10.0. The molecular formula is C11H23O4P. The van der Waals surface area contributed by atoms with Gasteiger partial charge in [-0.3, -0.25) is 13.6 Å². The van der Waals surface area contributed by atoms with Crippen molar-refractivity contribution in [2.75, 3.05) is 13.2 Å². The van der Waals surface area contributed by atoms with Crippen molar-refractivity contribution in [1.29, 1.82) is 0 Å². The van der Waals surface area contributed by atoms with Gasteiger partial charge in [0.15, 0.2) is 0 Å². The summed E-state index contributed by atoms with van der Waals surface area (Å²) < 4.78 is 27.9. The lowest BCUT2D eigenvalue weighted by Gasteiger charge is -2.28. The van der Waals surface area contributed by atoms with E-state index < -0.39 is 7.82 Å². The molecule has 0 saturated carbocycles. The van der Waals surface area contributed by atoms with Gasteiger partial charge in [-0.1, -0.05) is 33.6 Å². The Hall–Kier alpha value is 0.110. The van der Waals surface area contributed by atoms with Crippen LogP contribution < -0.4 is 0 Å². The third kappa shape index (κ3) is 4.54. The smallest absolute Gasteiger partial charge is 0.287 e. The van der Waals surface area contributed by atoms with E-state index in [0.29, 0.717) is 19.1 Å². The van der Waals surface area contributed by atoms with Crippen molar-refractivity contribution in [2.45, 2.75) is 52.6 Å². The van der Waals surface area contributed by atoms with Crippen LogP contribution in [-0.4, -0.2) is 19.3 Å². The first-order chi connectivity index (χ1) is 7.57. The summed E-state index contributed by atoms with van der Waals surface area (Å²) in [6.45, 7) is 7.20. The molecule has 1 aliphatic rings. The van der Waals surface area contributed by atoms with Gasteiger partial charge in [0.25, 0.3) is 0 Å². The van der Waals surface area contributed by atoms with Gasteiger partial charge in [0.1, 0.15) is 0 Å². The Kier molecular flexibility index (Phi) is 5.98. The summed E-state index contributed by atoms with van der Waals surface area (Å²) in [5.41, 5.74) is 0. The van der Waals surface area contributed by atoms with Crippen molar-refractivity contribution in [1.82, 2.24) is 0 Å². The molecular weight excluding hydrogens is 227 g/mol. The lowest BCUT2D eigenvalue weighted by molar-refractivity contribution is 0.0304. The standard InChI is InChI=1S/C11H23O4P/c1-4-5-7-11(10(2)3)15-16(12)13-8-6-9-14-16/h10-11H,4-9H2,1-3H3. The zero-order chi connectivity index (χ0) is 12.0. The summed E-state index contributed by atoms with van der Waals surface area (Å²) in [4.78, 5) is 0. The first-order valence-electron chi connectivity index (χ1n) is 6.15. The molecule has 16 heavy (non-hydrogen) atoms. The van der Waals surface area contributed by atoms with Gasteiger partial charge < -0.3 is 0 Å². The highest BCUT2D eigenvalue weighted by atomic mass is 31.2. The van der Waals surface area contributed by atoms with E-state index in [0.717, 1.165) is 25.7 Å². The highest BCUT2D eigenvalue weighted by Gasteiger charge is 2.33. The predicted octanol–water partition coefficient (Wildman–Crippen LogP) is 3.76. The van der Waals surface area contributed by atoms with Crippen molar-refractivity contribution in [2.24, 2.45) is 5.92 Å². The van der Waals surface area contributed by atoms with Crippen LogP contribution in [0.2, 0.25) is 0 Å². The SMILES string of the molecule is CCCCC(OP1(=O)OCCCO1)C(C)C. The second-order valence-electron chi connectivity index (χ2n) is 4.50. The molecule has 0 N–H and O–H groups in total. The van der Waals surface area contributed by atoms with Gasteiger partial charge in [-0.25, -0.2) is 4.57 Å². The van der Waals surface area contributed by atoms with E-state index in [9.17, 15) is 4.57 Å². The summed E-state index contributed by atoms with van der Waals surface area (Å²) in [7, 11) is -3.26. The number of phosphoric ester groups is 1. The zero-order valence-corrected chi connectivity index (χ0v) is 11.4. The Morgan fingerprint density at radius 2 is 1.94 bits per heavy atom. The van der Waals surface area contributed by atoms with E-state index in [4.69, 9.17) is 13.6 Å². The minimum Gasteiger partial charge on any atom is -0.287 e. The first-order valence-corrected chi connectivity index (χ1v) is 7.61. The fourth-order valence-corrected chi connectivity index (χ4v) is 3.17. The summed E-state index contributed by atoms with van der Waals surface area (Å²) >= 11 is 0. The maximum absolute atomic E-state index is 12.0. The molecule has 0 spiro atoms. The van der Waals surface area contributed by atoms with Gasteiger partial charge in [-0.05, 0) is 18.8 Å². The van der Waals surface area contributed by atoms with Crippen molar-refractivity contribution in [3.63, 3.8) is 0 Å². The minimum atomic E-state index is -3.26. The van der Waals surface area contributed by atoms with Crippen molar-refractivity contribution >= 4 is 7.82 Å². The van der Waals surface area contributed by atoms with Crippen LogP contribution in [0.25, 0.3) is 0 Å². The molecule has 0 aliphatic carbocycles. The van der Waals surface area contributed by atoms with Crippen LogP contribution in [0, 0.1) is 5.92 Å². The van der Waals surface area contributed by atoms with Gasteiger partial charge in [0, 0.05) is 0 Å². The molecule has 4 nitrogen and oxygen atoms in total. The Labute approximate surface area is 98.3 Å². The summed E-state index contributed by atoms with van der Waals surface area (Å²) in [5.74, 6) is 0.325. The molecule has 0 aromatic carbocycles. The third-order valence-electron chi connectivity index (χ3n) is 2.64. The van der Waals surface area contributed by atoms with Crippen LogP contribution in [-0.2, 0) is 18.1 Å². The van der Waals surface area contributed by atoms with E-state index >= 15 is 0 Å². The lowest BCUT2D eigenvalue weighted by Crippen LogP contribution is -2.21. The molecule has 0 amide bonds. The normalized spacial score (nSPS) is 22.2. The number of phosphoric acid groups is 1. The summed E-state index contributed by atoms with van der Waals surface area (Å²) in [6.07, 6.45) is 3.84. The van der Waals surface area contributed by atoms with E-state index in [1.165, 1.54) is 0 Å². The van der Waals surface area contributed by atoms with Crippen LogP contribution in [0.4, 0.5) is 0 Å². The fourth-order valence-electron chi connectivity index (χ4n) is 1.59. The molecule has 1 atom stereocenters. The molecule has 5 heteroatoms. The van der Waals surface area contributed by atoms with Gasteiger partial charge in [-0.2, -0.15) is 0 Å². The second kappa shape index (κ2) is 6.75. The zero-order valence-electron chi connectivity index (χ0n) is 10.5. The van der Waals surface area contributed by atoms with Gasteiger partial charge in [0.2, 0.25) is 0 Å². The molecule has 0 aromatic heterocycles. The van der Waals surface area contributed by atoms with Gasteiger partial charge in [0.05, 0.1) is 19.3 Å². The summed E-state index contributed by atoms with van der Waals surface area (Å²) in [5, 5.41) is 0. The quantitative estimate of drug-likeness (QED) is 0.673. The van der Waals surface area contributed by atoms with Crippen molar-refractivity contribution < 1.29 is 18.1 Å². The Morgan fingerprint density at radius 3 is 2.44 bits per heavy atom. The molecule has 96 valence electrons. The predicted molar refractivity (Wildman–Crippen MR) is 63.4 cm³/mol. The molecule has 1 heterocycles. The number of hydrogen-bond acceptors (Lipinski definition) is 4. The Morgan fingerprint density at radius 1 is 1.31 bits per heavy atom. The van der Waals surface area contributed by atoms with Crippen LogP contribution in [0.5, 0.6) is 0 Å². The Bertz CT molecular complexity index is 232. The average Bonchev–Trinajstić information content (AvgIpc) is 2.25. The van der Waals surface area contributed by atoms with Gasteiger partial charge in [-0.15, -0.1) is 0 Å². The van der Waals surface area contributed by atoms with E-state index in [2.05, 4.69) is 20.8 Å². The van der Waals surface area contributed by atoms with E-state index in [-0.39, 0.29) is 6.10 Å². The van der Waals surface area contributed by atoms with Crippen molar-refractivity contribution in [3.05, 3.63) is 0 Å². The highest BCUT2D eigenvalue weighted by molar-refractivity contribution is 7.48. The first kappa shape index (κ1) is 14.2. The monoisotopic (exact) mass is 250 g/mol. The van der Waals surface area contributed by atoms with E-state index in [1.807, 2.05) is 0 Å². The van der Waals surface area contributed by atoms with Crippen LogP contribution in [0.1, 0.15) is 46.5 Å². The Balaban J connectivity index is 2.49. The van der Waals surface area contributed by atoms with Crippen LogP contribution >= 0.6 is 7.82 Å². The average molecular weight is 250 g/mol. The molecule has 1 rings (SSSR count). The van der Waals surface area contributed by atoms with Crippen molar-refractivity contribution in [3.8, 4) is 0 Å². The highest BCUT2D eigenvalue weighted by Crippen LogP contribution is 2.53. The number of unbranched alkanes of at least 4 members (excludes halogenated alkanes) is 1. The largest absolute Gasteiger partial charge is 0.475 e. The maximum atomic E-state index is 12.0. The molecule has 0 aromatic rings. The third-order valence-corrected chi connectivity index (χ3v) is 4.16. The van der Waals surface area contributed by atoms with Crippen LogP contribution in [0.15, 0.2) is 0 Å². The summed E-state index contributed by atoms with van der Waals surface area (Å²) in [6, 6.07) is 0. The fraction of sp³-hybridized carbons (Fsp3) is 1.00. The molecule has 1 fully saturated rings. The van der Waals surface area contributed by atoms with Gasteiger partial charge >= 0.3 is 7.82 Å². The number of rotatable bonds is 6. The van der Waals surface area contributed by atoms with Crippen LogP contribution in [0.3, 0.4) is 0 Å². The molecule has 1 saturated heterocycles. The van der Waals surface area contributed by atoms with E-state index in [1.54, 1.807) is 0 Å². The molecule has 1 unspecified atom stereocenters. The molecule has 0 bridgehead atoms. The topological polar surface area (TPSA) is 44.8 Å². The molecule has 0 radical (unpaired) electrons.